The van der Waals surface area contributed by atoms with Gasteiger partial charge in [-0.25, -0.2) is 0 Å². The van der Waals surface area contributed by atoms with E-state index in [9.17, 15) is 9.59 Å². The molecular weight excluding hydrogens is 208 g/mol. The van der Waals surface area contributed by atoms with Gasteiger partial charge >= 0.3 is 0 Å². The standard InChI is InChI=1S/C11H14N2O3/c14-10-6-8(3-4-12-10)11(15)13-9-2-1-5-16-7-9/h3-4,6,9H,1-2,5,7H2,(H,12,14)(H,13,15). The van der Waals surface area contributed by atoms with Crippen molar-refractivity contribution in [3.8, 4) is 0 Å². The van der Waals surface area contributed by atoms with Crippen LogP contribution in [0.25, 0.3) is 0 Å². The van der Waals surface area contributed by atoms with E-state index in [2.05, 4.69) is 10.3 Å². The van der Waals surface area contributed by atoms with Gasteiger partial charge in [-0.15, -0.1) is 0 Å². The van der Waals surface area contributed by atoms with Crippen LogP contribution in [0, 0.1) is 0 Å². The number of carbonyl (C=O) groups excluding carboxylic acids is 1. The smallest absolute Gasteiger partial charge is 0.251 e. The van der Waals surface area contributed by atoms with E-state index in [0.29, 0.717) is 12.2 Å². The molecule has 16 heavy (non-hydrogen) atoms. The first kappa shape index (κ1) is 10.9. The number of amides is 1. The maximum atomic E-state index is 11.7. The second-order valence-corrected chi connectivity index (χ2v) is 3.83. The summed E-state index contributed by atoms with van der Waals surface area (Å²) in [5.41, 5.74) is 0.113. The fourth-order valence-electron chi connectivity index (χ4n) is 1.71. The largest absolute Gasteiger partial charge is 0.379 e. The van der Waals surface area contributed by atoms with E-state index >= 15 is 0 Å². The van der Waals surface area contributed by atoms with Crippen molar-refractivity contribution in [2.75, 3.05) is 13.2 Å². The molecule has 1 unspecified atom stereocenters. The number of pyridine rings is 1. The van der Waals surface area contributed by atoms with E-state index in [4.69, 9.17) is 4.74 Å². The van der Waals surface area contributed by atoms with Gasteiger partial charge in [0.15, 0.2) is 0 Å². The molecule has 0 aliphatic carbocycles. The number of hydrogen-bond donors (Lipinski definition) is 2. The normalized spacial score (nSPS) is 20.4. The summed E-state index contributed by atoms with van der Waals surface area (Å²) in [4.78, 5) is 25.2. The summed E-state index contributed by atoms with van der Waals surface area (Å²) in [5.74, 6) is -0.221. The van der Waals surface area contributed by atoms with Crippen molar-refractivity contribution in [1.29, 1.82) is 0 Å². The number of rotatable bonds is 2. The summed E-state index contributed by atoms with van der Waals surface area (Å²) < 4.78 is 5.26. The molecule has 0 saturated carbocycles. The second-order valence-electron chi connectivity index (χ2n) is 3.83. The van der Waals surface area contributed by atoms with Crippen LogP contribution in [0.4, 0.5) is 0 Å². The van der Waals surface area contributed by atoms with Gasteiger partial charge in [-0.3, -0.25) is 9.59 Å². The van der Waals surface area contributed by atoms with Crippen molar-refractivity contribution in [3.63, 3.8) is 0 Å². The Balaban J connectivity index is 1.99. The monoisotopic (exact) mass is 222 g/mol. The highest BCUT2D eigenvalue weighted by Gasteiger charge is 2.16. The Hall–Kier alpha value is -1.62. The number of aromatic nitrogens is 1. The second kappa shape index (κ2) is 4.94. The van der Waals surface area contributed by atoms with Crippen LogP contribution in [0.1, 0.15) is 23.2 Å². The molecule has 1 fully saturated rings. The van der Waals surface area contributed by atoms with Gasteiger partial charge in [-0.2, -0.15) is 0 Å². The Kier molecular flexibility index (Phi) is 3.36. The van der Waals surface area contributed by atoms with E-state index < -0.39 is 0 Å². The number of ether oxygens (including phenoxy) is 1. The van der Waals surface area contributed by atoms with Crippen molar-refractivity contribution >= 4 is 5.91 Å². The Morgan fingerprint density at radius 3 is 3.12 bits per heavy atom. The van der Waals surface area contributed by atoms with Crippen LogP contribution in [-0.4, -0.2) is 30.1 Å². The lowest BCUT2D eigenvalue weighted by Crippen LogP contribution is -2.40. The van der Waals surface area contributed by atoms with Gasteiger partial charge < -0.3 is 15.0 Å². The molecule has 1 aromatic rings. The summed E-state index contributed by atoms with van der Waals surface area (Å²) in [6, 6.07) is 2.93. The molecule has 1 aromatic heterocycles. The minimum absolute atomic E-state index is 0.0561. The molecule has 0 radical (unpaired) electrons. The molecule has 1 atom stereocenters. The molecule has 1 aliphatic heterocycles. The summed E-state index contributed by atoms with van der Waals surface area (Å²) in [7, 11) is 0. The molecule has 1 aliphatic rings. The topological polar surface area (TPSA) is 71.2 Å². The van der Waals surface area contributed by atoms with Gasteiger partial charge in [0.05, 0.1) is 12.6 Å². The van der Waals surface area contributed by atoms with Gasteiger partial charge in [-0.1, -0.05) is 0 Å². The van der Waals surface area contributed by atoms with Crippen LogP contribution >= 0.6 is 0 Å². The minimum atomic E-state index is -0.271. The number of H-pyrrole nitrogens is 1. The van der Waals surface area contributed by atoms with Crippen molar-refractivity contribution < 1.29 is 9.53 Å². The Bertz CT molecular complexity index is 421. The van der Waals surface area contributed by atoms with Crippen LogP contribution in [0.2, 0.25) is 0 Å². The molecular formula is C11H14N2O3. The zero-order valence-electron chi connectivity index (χ0n) is 8.86. The maximum Gasteiger partial charge on any atom is 0.251 e. The van der Waals surface area contributed by atoms with Gasteiger partial charge in [0.25, 0.3) is 5.91 Å². The van der Waals surface area contributed by atoms with Crippen LogP contribution in [0.5, 0.6) is 0 Å². The zero-order chi connectivity index (χ0) is 11.4. The van der Waals surface area contributed by atoms with Crippen LogP contribution in [0.15, 0.2) is 23.1 Å². The molecule has 2 N–H and O–H groups in total. The lowest BCUT2D eigenvalue weighted by Gasteiger charge is -2.23. The van der Waals surface area contributed by atoms with Crippen LogP contribution in [0.3, 0.4) is 0 Å². The zero-order valence-corrected chi connectivity index (χ0v) is 8.86. The van der Waals surface area contributed by atoms with Crippen LogP contribution in [-0.2, 0) is 4.74 Å². The number of aromatic amines is 1. The van der Waals surface area contributed by atoms with Gasteiger partial charge in [0.1, 0.15) is 0 Å². The fraction of sp³-hybridized carbons (Fsp3) is 0.455. The molecule has 0 bridgehead atoms. The summed E-state index contributed by atoms with van der Waals surface area (Å²) in [6.07, 6.45) is 3.35. The summed E-state index contributed by atoms with van der Waals surface area (Å²) in [5, 5.41) is 2.85. The third kappa shape index (κ3) is 2.70. The van der Waals surface area contributed by atoms with E-state index in [-0.39, 0.29) is 17.5 Å². The quantitative estimate of drug-likeness (QED) is 0.755. The lowest BCUT2D eigenvalue weighted by molar-refractivity contribution is 0.0624. The third-order valence-corrected chi connectivity index (χ3v) is 2.53. The highest BCUT2D eigenvalue weighted by atomic mass is 16.5. The number of nitrogens with one attached hydrogen (secondary N) is 2. The average molecular weight is 222 g/mol. The van der Waals surface area contributed by atoms with E-state index in [1.165, 1.54) is 12.3 Å². The summed E-state index contributed by atoms with van der Waals surface area (Å²) in [6.45, 7) is 1.31. The molecule has 86 valence electrons. The van der Waals surface area contributed by atoms with Crippen LogP contribution < -0.4 is 10.9 Å². The maximum absolute atomic E-state index is 11.7. The number of carbonyl (C=O) groups is 1. The molecule has 1 amide bonds. The Morgan fingerprint density at radius 1 is 1.56 bits per heavy atom. The first-order valence-corrected chi connectivity index (χ1v) is 5.33. The van der Waals surface area contributed by atoms with E-state index in [1.54, 1.807) is 6.07 Å². The third-order valence-electron chi connectivity index (χ3n) is 2.53. The van der Waals surface area contributed by atoms with Gasteiger partial charge in [-0.05, 0) is 18.9 Å². The highest BCUT2D eigenvalue weighted by molar-refractivity contribution is 5.94. The van der Waals surface area contributed by atoms with E-state index in [0.717, 1.165) is 19.4 Å². The highest BCUT2D eigenvalue weighted by Crippen LogP contribution is 2.06. The molecule has 0 aromatic carbocycles. The van der Waals surface area contributed by atoms with Crippen molar-refractivity contribution in [3.05, 3.63) is 34.2 Å². The van der Waals surface area contributed by atoms with Crippen molar-refractivity contribution in [2.45, 2.75) is 18.9 Å². The predicted molar refractivity (Wildman–Crippen MR) is 58.4 cm³/mol. The molecule has 5 heteroatoms. The molecule has 2 rings (SSSR count). The molecule has 2 heterocycles. The average Bonchev–Trinajstić information content (AvgIpc) is 2.30. The van der Waals surface area contributed by atoms with Crippen molar-refractivity contribution in [1.82, 2.24) is 10.3 Å². The van der Waals surface area contributed by atoms with E-state index in [1.807, 2.05) is 0 Å². The molecule has 1 saturated heterocycles. The van der Waals surface area contributed by atoms with Crippen molar-refractivity contribution in [2.24, 2.45) is 0 Å². The molecule has 0 spiro atoms. The predicted octanol–water partition coefficient (Wildman–Crippen LogP) is 0.284. The fourth-order valence-corrected chi connectivity index (χ4v) is 1.71. The first-order chi connectivity index (χ1) is 7.75. The Labute approximate surface area is 92.8 Å². The van der Waals surface area contributed by atoms with Gasteiger partial charge in [0.2, 0.25) is 5.56 Å². The minimum Gasteiger partial charge on any atom is -0.379 e. The first-order valence-electron chi connectivity index (χ1n) is 5.33. The Morgan fingerprint density at radius 2 is 2.44 bits per heavy atom. The SMILES string of the molecule is O=C(NC1CCCOC1)c1cc[nH]c(=O)c1. The number of hydrogen-bond acceptors (Lipinski definition) is 3. The van der Waals surface area contributed by atoms with Gasteiger partial charge in [0, 0.05) is 24.4 Å². The summed E-state index contributed by atoms with van der Waals surface area (Å²) >= 11 is 0. The lowest BCUT2D eigenvalue weighted by atomic mass is 10.1. The molecule has 5 nitrogen and oxygen atoms in total.